The summed E-state index contributed by atoms with van der Waals surface area (Å²) in [5.41, 5.74) is 0. The van der Waals surface area contributed by atoms with Crippen LogP contribution in [0.5, 0.6) is 0 Å². The van der Waals surface area contributed by atoms with Crippen molar-refractivity contribution < 1.29 is 0 Å². The molecule has 146 valence electrons. The van der Waals surface area contributed by atoms with Gasteiger partial charge in [-0.3, -0.25) is 0 Å². The molecule has 0 radical (unpaired) electrons. The van der Waals surface area contributed by atoms with E-state index in [4.69, 9.17) is 23.2 Å². The lowest BCUT2D eigenvalue weighted by Gasteiger charge is -2.12. The molecule has 0 amide bonds. The molecule has 0 bridgehead atoms. The zero-order chi connectivity index (χ0) is 17.9. The fourth-order valence-corrected chi connectivity index (χ4v) is 3.94. The van der Waals surface area contributed by atoms with Crippen LogP contribution in [-0.2, 0) is 0 Å². The van der Waals surface area contributed by atoms with Crippen LogP contribution in [0.15, 0.2) is 0 Å². The van der Waals surface area contributed by atoms with Gasteiger partial charge in [0.1, 0.15) is 0 Å². The standard InChI is InChI=1S/C22H44Cl2/c1-3-5-7-9-10-11-13-15-18-22(24)20-16-19-21(23)17-14-12-8-6-4-2/h21-22H,3-20H2,1-2H3. The lowest BCUT2D eigenvalue weighted by atomic mass is 10.0. The highest BCUT2D eigenvalue weighted by Gasteiger charge is 2.08. The Hall–Kier alpha value is 0.580. The molecule has 0 nitrogen and oxygen atoms in total. The van der Waals surface area contributed by atoms with Crippen LogP contribution < -0.4 is 0 Å². The van der Waals surface area contributed by atoms with Crippen LogP contribution in [0.1, 0.15) is 129 Å². The third kappa shape index (κ3) is 18.9. The molecule has 0 rings (SSSR count). The Bertz CT molecular complexity index is 230. The lowest BCUT2D eigenvalue weighted by molar-refractivity contribution is 0.529. The van der Waals surface area contributed by atoms with Crippen LogP contribution in [-0.4, -0.2) is 10.8 Å². The molecular formula is C22H44Cl2. The van der Waals surface area contributed by atoms with Gasteiger partial charge >= 0.3 is 0 Å². The van der Waals surface area contributed by atoms with Gasteiger partial charge in [-0.1, -0.05) is 104 Å². The third-order valence-corrected chi connectivity index (χ3v) is 5.90. The summed E-state index contributed by atoms with van der Waals surface area (Å²) in [4.78, 5) is 0. The van der Waals surface area contributed by atoms with Crippen molar-refractivity contribution in [3.8, 4) is 0 Å². The number of unbranched alkanes of at least 4 members (excludes halogenated alkanes) is 11. The zero-order valence-electron chi connectivity index (χ0n) is 16.6. The van der Waals surface area contributed by atoms with Gasteiger partial charge in [0, 0.05) is 10.8 Å². The fourth-order valence-electron chi connectivity index (χ4n) is 3.32. The molecule has 0 heterocycles. The van der Waals surface area contributed by atoms with Crippen LogP contribution >= 0.6 is 23.2 Å². The van der Waals surface area contributed by atoms with Gasteiger partial charge in [-0.15, -0.1) is 23.2 Å². The van der Waals surface area contributed by atoms with Gasteiger partial charge in [-0.2, -0.15) is 0 Å². The molecule has 0 fully saturated rings. The van der Waals surface area contributed by atoms with E-state index in [1.807, 2.05) is 0 Å². The number of rotatable bonds is 19. The van der Waals surface area contributed by atoms with Crippen LogP contribution in [0.25, 0.3) is 0 Å². The van der Waals surface area contributed by atoms with Crippen molar-refractivity contribution in [1.82, 2.24) is 0 Å². The Morgan fingerprint density at radius 1 is 0.417 bits per heavy atom. The van der Waals surface area contributed by atoms with Crippen molar-refractivity contribution >= 4 is 23.2 Å². The van der Waals surface area contributed by atoms with E-state index in [1.54, 1.807) is 0 Å². The fraction of sp³-hybridized carbons (Fsp3) is 1.00. The van der Waals surface area contributed by atoms with E-state index in [1.165, 1.54) is 103 Å². The minimum atomic E-state index is 0.374. The molecule has 24 heavy (non-hydrogen) atoms. The molecule has 0 saturated heterocycles. The highest BCUT2D eigenvalue weighted by Crippen LogP contribution is 2.21. The molecule has 0 aliphatic rings. The van der Waals surface area contributed by atoms with Gasteiger partial charge in [0.15, 0.2) is 0 Å². The van der Waals surface area contributed by atoms with Crippen molar-refractivity contribution in [3.63, 3.8) is 0 Å². The number of hydrogen-bond donors (Lipinski definition) is 0. The molecule has 0 aromatic carbocycles. The topological polar surface area (TPSA) is 0 Å². The summed E-state index contributed by atoms with van der Waals surface area (Å²) >= 11 is 12.9. The van der Waals surface area contributed by atoms with E-state index < -0.39 is 0 Å². The van der Waals surface area contributed by atoms with Crippen molar-refractivity contribution in [1.29, 1.82) is 0 Å². The number of hydrogen-bond acceptors (Lipinski definition) is 0. The summed E-state index contributed by atoms with van der Waals surface area (Å²) in [5.74, 6) is 0. The Morgan fingerprint density at radius 2 is 0.708 bits per heavy atom. The molecular weight excluding hydrogens is 335 g/mol. The predicted molar refractivity (Wildman–Crippen MR) is 114 cm³/mol. The SMILES string of the molecule is CCCCCCCCCCC(Cl)CCCC(Cl)CCCCCCC. The lowest BCUT2D eigenvalue weighted by Crippen LogP contribution is -2.03. The summed E-state index contributed by atoms with van der Waals surface area (Å²) < 4.78 is 0. The Morgan fingerprint density at radius 3 is 1.08 bits per heavy atom. The molecule has 0 N–H and O–H groups in total. The monoisotopic (exact) mass is 378 g/mol. The van der Waals surface area contributed by atoms with Crippen molar-refractivity contribution in [2.45, 2.75) is 140 Å². The van der Waals surface area contributed by atoms with Crippen molar-refractivity contribution in [3.05, 3.63) is 0 Å². The molecule has 0 aliphatic carbocycles. The van der Waals surface area contributed by atoms with Crippen LogP contribution in [0, 0.1) is 0 Å². The predicted octanol–water partition coefficient (Wildman–Crippen LogP) is 9.26. The Kier molecular flexibility index (Phi) is 20.4. The van der Waals surface area contributed by atoms with Crippen LogP contribution in [0.3, 0.4) is 0 Å². The highest BCUT2D eigenvalue weighted by molar-refractivity contribution is 6.21. The zero-order valence-corrected chi connectivity index (χ0v) is 18.2. The average Bonchev–Trinajstić information content (AvgIpc) is 2.57. The first-order valence-corrected chi connectivity index (χ1v) is 11.9. The summed E-state index contributed by atoms with van der Waals surface area (Å²) in [7, 11) is 0. The minimum Gasteiger partial charge on any atom is -0.123 e. The van der Waals surface area contributed by atoms with Gasteiger partial charge in [0.05, 0.1) is 0 Å². The molecule has 0 saturated carbocycles. The maximum absolute atomic E-state index is 6.46. The molecule has 0 aliphatic heterocycles. The summed E-state index contributed by atoms with van der Waals surface area (Å²) in [6.07, 6.45) is 23.7. The number of halogens is 2. The number of alkyl halides is 2. The third-order valence-electron chi connectivity index (χ3n) is 5.03. The van der Waals surface area contributed by atoms with E-state index in [9.17, 15) is 0 Å². The van der Waals surface area contributed by atoms with Gasteiger partial charge < -0.3 is 0 Å². The first-order valence-electron chi connectivity index (χ1n) is 11.0. The maximum Gasteiger partial charge on any atom is 0.0336 e. The maximum atomic E-state index is 6.46. The normalized spacial score (nSPS) is 14.0. The molecule has 0 aromatic rings. The van der Waals surface area contributed by atoms with Crippen LogP contribution in [0.2, 0.25) is 0 Å². The molecule has 2 atom stereocenters. The van der Waals surface area contributed by atoms with E-state index in [2.05, 4.69) is 13.8 Å². The minimum absolute atomic E-state index is 0.374. The van der Waals surface area contributed by atoms with Gasteiger partial charge in [-0.25, -0.2) is 0 Å². The Balaban J connectivity index is 3.29. The van der Waals surface area contributed by atoms with E-state index in [0.717, 1.165) is 12.8 Å². The quantitative estimate of drug-likeness (QED) is 0.155. The second-order valence-electron chi connectivity index (χ2n) is 7.59. The summed E-state index contributed by atoms with van der Waals surface area (Å²) in [5, 5.41) is 0.747. The molecule has 0 aromatic heterocycles. The summed E-state index contributed by atoms with van der Waals surface area (Å²) in [6, 6.07) is 0. The summed E-state index contributed by atoms with van der Waals surface area (Å²) in [6.45, 7) is 4.54. The van der Waals surface area contributed by atoms with E-state index in [0.29, 0.717) is 10.8 Å². The highest BCUT2D eigenvalue weighted by atomic mass is 35.5. The van der Waals surface area contributed by atoms with Crippen molar-refractivity contribution in [2.24, 2.45) is 0 Å². The van der Waals surface area contributed by atoms with Crippen molar-refractivity contribution in [2.75, 3.05) is 0 Å². The van der Waals surface area contributed by atoms with Gasteiger partial charge in [0.2, 0.25) is 0 Å². The van der Waals surface area contributed by atoms with E-state index in [-0.39, 0.29) is 0 Å². The van der Waals surface area contributed by atoms with E-state index >= 15 is 0 Å². The van der Waals surface area contributed by atoms with Gasteiger partial charge in [-0.05, 0) is 25.7 Å². The van der Waals surface area contributed by atoms with Gasteiger partial charge in [0.25, 0.3) is 0 Å². The second kappa shape index (κ2) is 19.9. The first-order chi connectivity index (χ1) is 11.7. The molecule has 2 heteroatoms. The largest absolute Gasteiger partial charge is 0.123 e. The Labute approximate surface area is 163 Å². The first kappa shape index (κ1) is 24.6. The molecule has 2 unspecified atom stereocenters. The smallest absolute Gasteiger partial charge is 0.0336 e. The molecule has 0 spiro atoms. The van der Waals surface area contributed by atoms with Crippen LogP contribution in [0.4, 0.5) is 0 Å². The second-order valence-corrected chi connectivity index (χ2v) is 8.83. The average molecular weight is 380 g/mol.